The van der Waals surface area contributed by atoms with Crippen LogP contribution in [0, 0.1) is 12.8 Å². The number of Topliss-reactive ketones (excluding diaryl/α,β-unsaturated/α-hetero) is 1. The van der Waals surface area contributed by atoms with Gasteiger partial charge in [-0.2, -0.15) is 0 Å². The summed E-state index contributed by atoms with van der Waals surface area (Å²) < 4.78 is 5.14. The third-order valence-electron chi connectivity index (χ3n) is 4.36. The van der Waals surface area contributed by atoms with Crippen LogP contribution in [-0.2, 0) is 0 Å². The van der Waals surface area contributed by atoms with Crippen LogP contribution in [0.2, 0.25) is 5.15 Å². The molecule has 6 heteroatoms. The first-order chi connectivity index (χ1) is 11.6. The zero-order chi connectivity index (χ0) is 17.1. The number of anilines is 1. The molecule has 0 amide bonds. The quantitative estimate of drug-likeness (QED) is 0.626. The number of aryl methyl sites for hydroxylation is 1. The molecule has 2 aromatic rings. The lowest BCUT2D eigenvalue weighted by atomic mass is 9.89. The van der Waals surface area contributed by atoms with Gasteiger partial charge in [-0.3, -0.25) is 4.79 Å². The first-order valence-corrected chi connectivity index (χ1v) is 8.39. The predicted octanol–water partition coefficient (Wildman–Crippen LogP) is 3.55. The Balaban J connectivity index is 1.64. The molecule has 0 spiro atoms. The van der Waals surface area contributed by atoms with Crippen LogP contribution in [0.1, 0.15) is 29.0 Å². The Hall–Kier alpha value is -2.14. The molecule has 1 aromatic heterocycles. The molecular weight excluding hydrogens is 326 g/mol. The normalized spacial score (nSPS) is 15.4. The highest BCUT2D eigenvalue weighted by Gasteiger charge is 2.26. The SMILES string of the molecule is COc1ccc(C(=O)C2CCN(c3cc(Cl)nc(C)n3)CC2)cc1. The second-order valence-electron chi connectivity index (χ2n) is 5.95. The number of ketones is 1. The number of methoxy groups -OCH3 is 1. The summed E-state index contributed by atoms with van der Waals surface area (Å²) in [5.41, 5.74) is 0.746. The smallest absolute Gasteiger partial charge is 0.166 e. The summed E-state index contributed by atoms with van der Waals surface area (Å²) in [6.45, 7) is 3.41. The first-order valence-electron chi connectivity index (χ1n) is 8.01. The average Bonchev–Trinajstić information content (AvgIpc) is 2.60. The lowest BCUT2D eigenvalue weighted by Crippen LogP contribution is -2.37. The zero-order valence-electron chi connectivity index (χ0n) is 13.8. The van der Waals surface area contributed by atoms with E-state index in [4.69, 9.17) is 16.3 Å². The number of hydrogen-bond donors (Lipinski definition) is 0. The van der Waals surface area contributed by atoms with E-state index in [9.17, 15) is 4.79 Å². The van der Waals surface area contributed by atoms with Gasteiger partial charge in [0.2, 0.25) is 0 Å². The maximum Gasteiger partial charge on any atom is 0.166 e. The predicted molar refractivity (Wildman–Crippen MR) is 94.0 cm³/mol. The summed E-state index contributed by atoms with van der Waals surface area (Å²) in [4.78, 5) is 23.3. The van der Waals surface area contributed by atoms with Crippen LogP contribution in [0.4, 0.5) is 5.82 Å². The van der Waals surface area contributed by atoms with Crippen molar-refractivity contribution in [2.75, 3.05) is 25.1 Å². The summed E-state index contributed by atoms with van der Waals surface area (Å²) in [5.74, 6) is 2.51. The van der Waals surface area contributed by atoms with Crippen LogP contribution in [0.5, 0.6) is 5.75 Å². The topological polar surface area (TPSA) is 55.3 Å². The second kappa shape index (κ2) is 7.18. The third-order valence-corrected chi connectivity index (χ3v) is 4.55. The van der Waals surface area contributed by atoms with Crippen LogP contribution >= 0.6 is 11.6 Å². The van der Waals surface area contributed by atoms with Crippen molar-refractivity contribution in [1.29, 1.82) is 0 Å². The average molecular weight is 346 g/mol. The molecule has 1 fully saturated rings. The van der Waals surface area contributed by atoms with Crippen molar-refractivity contribution in [1.82, 2.24) is 9.97 Å². The van der Waals surface area contributed by atoms with Gasteiger partial charge in [-0.15, -0.1) is 0 Å². The number of carbonyl (C=O) groups excluding carboxylic acids is 1. The van der Waals surface area contributed by atoms with Gasteiger partial charge in [-0.1, -0.05) is 11.6 Å². The molecule has 1 aromatic carbocycles. The van der Waals surface area contributed by atoms with E-state index in [2.05, 4.69) is 14.9 Å². The highest BCUT2D eigenvalue weighted by atomic mass is 35.5. The lowest BCUT2D eigenvalue weighted by molar-refractivity contribution is 0.0900. The van der Waals surface area contributed by atoms with E-state index >= 15 is 0 Å². The third kappa shape index (κ3) is 3.67. The Kier molecular flexibility index (Phi) is 5.00. The molecule has 5 nitrogen and oxygen atoms in total. The maximum absolute atomic E-state index is 12.6. The summed E-state index contributed by atoms with van der Waals surface area (Å²) >= 11 is 6.01. The Morgan fingerprint density at radius 1 is 1.21 bits per heavy atom. The van der Waals surface area contributed by atoms with E-state index in [1.54, 1.807) is 13.2 Å². The molecule has 1 aliphatic heterocycles. The minimum Gasteiger partial charge on any atom is -0.497 e. The number of piperidine rings is 1. The van der Waals surface area contributed by atoms with Crippen molar-refractivity contribution in [3.05, 3.63) is 46.9 Å². The van der Waals surface area contributed by atoms with Crippen molar-refractivity contribution in [2.24, 2.45) is 5.92 Å². The van der Waals surface area contributed by atoms with Crippen molar-refractivity contribution in [2.45, 2.75) is 19.8 Å². The van der Waals surface area contributed by atoms with Crippen LogP contribution in [0.15, 0.2) is 30.3 Å². The molecular formula is C18H20ClN3O2. The monoisotopic (exact) mass is 345 g/mol. The minimum atomic E-state index is 0.0491. The molecule has 0 N–H and O–H groups in total. The van der Waals surface area contributed by atoms with Gasteiger partial charge in [0.15, 0.2) is 5.78 Å². The van der Waals surface area contributed by atoms with E-state index in [1.165, 1.54) is 0 Å². The number of ether oxygens (including phenoxy) is 1. The van der Waals surface area contributed by atoms with Gasteiger partial charge in [0.25, 0.3) is 0 Å². The Morgan fingerprint density at radius 2 is 1.88 bits per heavy atom. The number of aromatic nitrogens is 2. The summed E-state index contributed by atoms with van der Waals surface area (Å²) in [6, 6.07) is 9.10. The molecule has 0 radical (unpaired) electrons. The van der Waals surface area contributed by atoms with Gasteiger partial charge in [-0.05, 0) is 44.0 Å². The van der Waals surface area contributed by atoms with Gasteiger partial charge in [0.1, 0.15) is 22.5 Å². The summed E-state index contributed by atoms with van der Waals surface area (Å²) in [5, 5.41) is 0.453. The minimum absolute atomic E-state index is 0.0491. The molecule has 1 aliphatic rings. The number of halogens is 1. The molecule has 0 bridgehead atoms. The maximum atomic E-state index is 12.6. The van der Waals surface area contributed by atoms with Crippen LogP contribution in [0.3, 0.4) is 0 Å². The van der Waals surface area contributed by atoms with E-state index in [0.29, 0.717) is 11.0 Å². The molecule has 24 heavy (non-hydrogen) atoms. The fraction of sp³-hybridized carbons (Fsp3) is 0.389. The fourth-order valence-electron chi connectivity index (χ4n) is 3.04. The van der Waals surface area contributed by atoms with Crippen LogP contribution < -0.4 is 9.64 Å². The van der Waals surface area contributed by atoms with Crippen molar-refractivity contribution >= 4 is 23.2 Å². The first kappa shape index (κ1) is 16.7. The number of rotatable bonds is 4. The van der Waals surface area contributed by atoms with E-state index < -0.39 is 0 Å². The van der Waals surface area contributed by atoms with Crippen LogP contribution in [0.25, 0.3) is 0 Å². The Bertz CT molecular complexity index is 705. The number of benzene rings is 1. The molecule has 126 valence electrons. The molecule has 1 saturated heterocycles. The number of carbonyl (C=O) groups is 1. The Labute approximate surface area is 146 Å². The molecule has 0 atom stereocenters. The number of nitrogens with zero attached hydrogens (tertiary/aromatic N) is 3. The summed E-state index contributed by atoms with van der Waals surface area (Å²) in [7, 11) is 1.62. The largest absolute Gasteiger partial charge is 0.497 e. The van der Waals surface area contributed by atoms with E-state index in [1.807, 2.05) is 31.2 Å². The van der Waals surface area contributed by atoms with Crippen molar-refractivity contribution in [3.8, 4) is 5.75 Å². The van der Waals surface area contributed by atoms with Crippen molar-refractivity contribution < 1.29 is 9.53 Å². The molecule has 0 aliphatic carbocycles. The van der Waals surface area contributed by atoms with Gasteiger partial charge in [0.05, 0.1) is 7.11 Å². The second-order valence-corrected chi connectivity index (χ2v) is 6.34. The van der Waals surface area contributed by atoms with Gasteiger partial charge in [0, 0.05) is 30.6 Å². The van der Waals surface area contributed by atoms with Gasteiger partial charge >= 0.3 is 0 Å². The van der Waals surface area contributed by atoms with Gasteiger partial charge < -0.3 is 9.64 Å². The standard InChI is InChI=1S/C18H20ClN3O2/c1-12-20-16(19)11-17(21-12)22-9-7-14(8-10-22)18(23)13-3-5-15(24-2)6-4-13/h3-6,11,14H,7-10H2,1-2H3. The van der Waals surface area contributed by atoms with Crippen LogP contribution in [-0.4, -0.2) is 36.0 Å². The summed E-state index contributed by atoms with van der Waals surface area (Å²) in [6.07, 6.45) is 1.62. The van der Waals surface area contributed by atoms with Gasteiger partial charge in [-0.25, -0.2) is 9.97 Å². The highest BCUT2D eigenvalue weighted by Crippen LogP contribution is 2.26. The molecule has 2 heterocycles. The highest BCUT2D eigenvalue weighted by molar-refractivity contribution is 6.29. The lowest BCUT2D eigenvalue weighted by Gasteiger charge is -2.32. The molecule has 3 rings (SSSR count). The Morgan fingerprint density at radius 3 is 2.46 bits per heavy atom. The molecule has 0 unspecified atom stereocenters. The number of hydrogen-bond acceptors (Lipinski definition) is 5. The van der Waals surface area contributed by atoms with E-state index in [-0.39, 0.29) is 11.7 Å². The van der Waals surface area contributed by atoms with E-state index in [0.717, 1.165) is 43.1 Å². The fourth-order valence-corrected chi connectivity index (χ4v) is 3.26. The molecule has 0 saturated carbocycles. The zero-order valence-corrected chi connectivity index (χ0v) is 14.6. The van der Waals surface area contributed by atoms with Crippen molar-refractivity contribution in [3.63, 3.8) is 0 Å².